The van der Waals surface area contributed by atoms with Crippen LogP contribution in [0.3, 0.4) is 0 Å². The van der Waals surface area contributed by atoms with Gasteiger partial charge in [0.2, 0.25) is 5.82 Å². The number of carbonyl (C=O) groups is 2. The van der Waals surface area contributed by atoms with Crippen molar-refractivity contribution in [1.82, 2.24) is 0 Å². The van der Waals surface area contributed by atoms with Crippen LogP contribution in [0.25, 0.3) is 0 Å². The number of hydrogen-bond donors (Lipinski definition) is 1. The number of nitro groups is 1. The number of esters is 1. The molecule has 0 aliphatic rings. The van der Waals surface area contributed by atoms with E-state index in [9.17, 15) is 28.5 Å². The molecular formula is C16H11BrF2N2O5. The molecule has 136 valence electrons. The maximum absolute atomic E-state index is 13.3. The summed E-state index contributed by atoms with van der Waals surface area (Å²) >= 11 is 3.02. The number of halogens is 3. The quantitative estimate of drug-likeness (QED) is 0.443. The highest BCUT2D eigenvalue weighted by atomic mass is 79.9. The van der Waals surface area contributed by atoms with Crippen molar-refractivity contribution < 1.29 is 28.0 Å². The highest BCUT2D eigenvalue weighted by molar-refractivity contribution is 9.10. The standard InChI is InChI=1S/C16H11BrF2N2O5/c1-8(26-16(23)11-4-2-9(18)6-12(11)17)15(22)20-10-3-5-13(19)14(7-10)21(24)25/h2-8H,1H3,(H,20,22). The van der Waals surface area contributed by atoms with Gasteiger partial charge >= 0.3 is 11.7 Å². The Balaban J connectivity index is 2.07. The van der Waals surface area contributed by atoms with E-state index >= 15 is 0 Å². The zero-order chi connectivity index (χ0) is 19.4. The van der Waals surface area contributed by atoms with Crippen LogP contribution in [0.4, 0.5) is 20.2 Å². The summed E-state index contributed by atoms with van der Waals surface area (Å²) in [6.45, 7) is 1.28. The predicted octanol–water partition coefficient (Wildman–Crippen LogP) is 3.82. The normalized spacial score (nSPS) is 11.5. The summed E-state index contributed by atoms with van der Waals surface area (Å²) in [6.07, 6.45) is -1.26. The Hall–Kier alpha value is -2.88. The number of rotatable bonds is 5. The van der Waals surface area contributed by atoms with E-state index in [1.165, 1.54) is 13.0 Å². The first kappa shape index (κ1) is 19.4. The van der Waals surface area contributed by atoms with E-state index < -0.39 is 40.2 Å². The molecule has 1 atom stereocenters. The first-order valence-corrected chi connectivity index (χ1v) is 7.89. The maximum atomic E-state index is 13.3. The third-order valence-corrected chi connectivity index (χ3v) is 3.87. The zero-order valence-electron chi connectivity index (χ0n) is 13.2. The lowest BCUT2D eigenvalue weighted by Gasteiger charge is -2.14. The molecule has 0 radical (unpaired) electrons. The number of benzene rings is 2. The van der Waals surface area contributed by atoms with E-state index in [2.05, 4.69) is 21.2 Å². The summed E-state index contributed by atoms with van der Waals surface area (Å²) in [5, 5.41) is 13.0. The predicted molar refractivity (Wildman–Crippen MR) is 90.7 cm³/mol. The number of hydrogen-bond acceptors (Lipinski definition) is 5. The molecule has 1 N–H and O–H groups in total. The van der Waals surface area contributed by atoms with Crippen LogP contribution in [-0.2, 0) is 9.53 Å². The van der Waals surface area contributed by atoms with Gasteiger partial charge in [0, 0.05) is 16.2 Å². The minimum absolute atomic E-state index is 0.0171. The van der Waals surface area contributed by atoms with Crippen LogP contribution in [0.2, 0.25) is 0 Å². The molecule has 0 aliphatic heterocycles. The topological polar surface area (TPSA) is 98.5 Å². The lowest BCUT2D eigenvalue weighted by Crippen LogP contribution is -2.30. The number of carbonyl (C=O) groups excluding carboxylic acids is 2. The van der Waals surface area contributed by atoms with E-state index in [1.54, 1.807) is 0 Å². The van der Waals surface area contributed by atoms with Crippen LogP contribution >= 0.6 is 15.9 Å². The third kappa shape index (κ3) is 4.60. The smallest absolute Gasteiger partial charge is 0.340 e. The Kier molecular flexibility index (Phi) is 5.98. The van der Waals surface area contributed by atoms with Gasteiger partial charge in [-0.05, 0) is 53.2 Å². The van der Waals surface area contributed by atoms with E-state index in [0.717, 1.165) is 30.3 Å². The molecule has 0 spiro atoms. The summed E-state index contributed by atoms with van der Waals surface area (Å²) in [6, 6.07) is 6.13. The second kappa shape index (κ2) is 8.00. The SMILES string of the molecule is CC(OC(=O)c1ccc(F)cc1Br)C(=O)Nc1ccc(F)c([N+](=O)[O-])c1. The highest BCUT2D eigenvalue weighted by Crippen LogP contribution is 2.22. The number of nitrogens with one attached hydrogen (secondary N) is 1. The lowest BCUT2D eigenvalue weighted by atomic mass is 10.2. The van der Waals surface area contributed by atoms with E-state index in [4.69, 9.17) is 4.74 Å². The van der Waals surface area contributed by atoms with E-state index in [-0.39, 0.29) is 15.7 Å². The fourth-order valence-electron chi connectivity index (χ4n) is 1.91. The van der Waals surface area contributed by atoms with Crippen molar-refractivity contribution in [2.45, 2.75) is 13.0 Å². The fraction of sp³-hybridized carbons (Fsp3) is 0.125. The minimum Gasteiger partial charge on any atom is -0.449 e. The van der Waals surface area contributed by atoms with Gasteiger partial charge < -0.3 is 10.1 Å². The fourth-order valence-corrected chi connectivity index (χ4v) is 2.42. The summed E-state index contributed by atoms with van der Waals surface area (Å²) < 4.78 is 31.5. The molecule has 2 rings (SSSR count). The number of ether oxygens (including phenoxy) is 1. The Morgan fingerprint density at radius 1 is 1.23 bits per heavy atom. The monoisotopic (exact) mass is 428 g/mol. The Morgan fingerprint density at radius 2 is 1.92 bits per heavy atom. The molecule has 26 heavy (non-hydrogen) atoms. The Morgan fingerprint density at radius 3 is 2.54 bits per heavy atom. The summed E-state index contributed by atoms with van der Waals surface area (Å²) in [7, 11) is 0. The van der Waals surface area contributed by atoms with Gasteiger partial charge in [0.1, 0.15) is 5.82 Å². The van der Waals surface area contributed by atoms with Gasteiger partial charge in [0.25, 0.3) is 5.91 Å². The van der Waals surface area contributed by atoms with Crippen molar-refractivity contribution in [1.29, 1.82) is 0 Å². The molecule has 0 heterocycles. The molecule has 0 aromatic heterocycles. The zero-order valence-corrected chi connectivity index (χ0v) is 14.7. The molecule has 1 amide bonds. The van der Waals surface area contributed by atoms with Crippen molar-refractivity contribution >= 4 is 39.2 Å². The summed E-state index contributed by atoms with van der Waals surface area (Å²) in [5.74, 6) is -3.26. The molecule has 0 saturated carbocycles. The molecule has 0 aliphatic carbocycles. The van der Waals surface area contributed by atoms with Crippen molar-refractivity contribution in [3.05, 3.63) is 68.2 Å². The molecular weight excluding hydrogens is 418 g/mol. The van der Waals surface area contributed by atoms with Crippen LogP contribution in [0.15, 0.2) is 40.9 Å². The number of nitro benzene ring substituents is 1. The van der Waals surface area contributed by atoms with Gasteiger partial charge in [-0.15, -0.1) is 0 Å². The molecule has 1 unspecified atom stereocenters. The van der Waals surface area contributed by atoms with E-state index in [1.807, 2.05) is 0 Å². The van der Waals surface area contributed by atoms with Crippen molar-refractivity contribution in [2.24, 2.45) is 0 Å². The number of nitrogens with zero attached hydrogens (tertiary/aromatic N) is 1. The second-order valence-corrected chi connectivity index (χ2v) is 5.94. The van der Waals surface area contributed by atoms with Crippen LogP contribution in [0.1, 0.15) is 17.3 Å². The van der Waals surface area contributed by atoms with Gasteiger partial charge in [-0.2, -0.15) is 4.39 Å². The van der Waals surface area contributed by atoms with Crippen LogP contribution in [0.5, 0.6) is 0 Å². The molecule has 7 nitrogen and oxygen atoms in total. The first-order chi connectivity index (χ1) is 12.2. The van der Waals surface area contributed by atoms with Gasteiger partial charge in [-0.1, -0.05) is 0 Å². The lowest BCUT2D eigenvalue weighted by molar-refractivity contribution is -0.387. The number of amides is 1. The summed E-state index contributed by atoms with van der Waals surface area (Å²) in [5.41, 5.74) is -0.819. The molecule has 2 aromatic carbocycles. The van der Waals surface area contributed by atoms with Crippen LogP contribution < -0.4 is 5.32 Å². The van der Waals surface area contributed by atoms with Crippen molar-refractivity contribution in [3.63, 3.8) is 0 Å². The van der Waals surface area contributed by atoms with Crippen LogP contribution in [-0.4, -0.2) is 22.9 Å². The second-order valence-electron chi connectivity index (χ2n) is 5.08. The highest BCUT2D eigenvalue weighted by Gasteiger charge is 2.22. The first-order valence-electron chi connectivity index (χ1n) is 7.10. The molecule has 10 heteroatoms. The third-order valence-electron chi connectivity index (χ3n) is 3.21. The van der Waals surface area contributed by atoms with Gasteiger partial charge in [-0.3, -0.25) is 14.9 Å². The average molecular weight is 429 g/mol. The van der Waals surface area contributed by atoms with E-state index in [0.29, 0.717) is 0 Å². The summed E-state index contributed by atoms with van der Waals surface area (Å²) in [4.78, 5) is 33.9. The Bertz CT molecular complexity index is 891. The number of anilines is 1. The van der Waals surface area contributed by atoms with Crippen LogP contribution in [0, 0.1) is 21.7 Å². The molecule has 0 saturated heterocycles. The maximum Gasteiger partial charge on any atom is 0.340 e. The van der Waals surface area contributed by atoms with Crippen molar-refractivity contribution in [3.8, 4) is 0 Å². The molecule has 0 fully saturated rings. The average Bonchev–Trinajstić information content (AvgIpc) is 2.55. The minimum atomic E-state index is -1.26. The van der Waals surface area contributed by atoms with Gasteiger partial charge in [-0.25, -0.2) is 9.18 Å². The van der Waals surface area contributed by atoms with Gasteiger partial charge in [0.15, 0.2) is 6.10 Å². The van der Waals surface area contributed by atoms with Gasteiger partial charge in [0.05, 0.1) is 10.5 Å². The molecule has 0 bridgehead atoms. The Labute approximate surface area is 154 Å². The van der Waals surface area contributed by atoms with Crippen molar-refractivity contribution in [2.75, 3.05) is 5.32 Å². The largest absolute Gasteiger partial charge is 0.449 e. The molecule has 2 aromatic rings.